The van der Waals surface area contributed by atoms with E-state index in [1.165, 1.54) is 4.88 Å². The molecule has 1 amide bonds. The minimum Gasteiger partial charge on any atom is -0.454 e. The molecule has 0 bridgehead atoms. The van der Waals surface area contributed by atoms with Gasteiger partial charge in [-0.25, -0.2) is 5.43 Å². The normalized spacial score (nSPS) is 13.3. The molecule has 1 aliphatic heterocycles. The van der Waals surface area contributed by atoms with Crippen LogP contribution in [-0.2, 0) is 6.42 Å². The predicted octanol–water partition coefficient (Wildman–Crippen LogP) is 3.19. The van der Waals surface area contributed by atoms with Gasteiger partial charge in [-0.2, -0.15) is 5.10 Å². The summed E-state index contributed by atoms with van der Waals surface area (Å²) in [5.74, 6) is 0.964. The molecule has 2 heterocycles. The van der Waals surface area contributed by atoms with Gasteiger partial charge in [0.1, 0.15) is 0 Å². The molecule has 6 heteroatoms. The highest BCUT2D eigenvalue weighted by atomic mass is 32.1. The summed E-state index contributed by atoms with van der Waals surface area (Å²) in [5.41, 5.74) is 3.85. The lowest BCUT2D eigenvalue weighted by atomic mass is 10.2. The third kappa shape index (κ3) is 2.96. The molecule has 0 atom stereocenters. The number of amides is 1. The predicted molar refractivity (Wildman–Crippen MR) is 85.9 cm³/mol. The first-order valence-corrected chi connectivity index (χ1v) is 7.82. The first-order valence-electron chi connectivity index (χ1n) is 7.00. The van der Waals surface area contributed by atoms with Crippen LogP contribution in [-0.4, -0.2) is 18.4 Å². The number of thiophene rings is 1. The second-order valence-corrected chi connectivity index (χ2v) is 5.99. The van der Waals surface area contributed by atoms with E-state index >= 15 is 0 Å². The monoisotopic (exact) mass is 316 g/mol. The Morgan fingerprint density at radius 1 is 1.27 bits per heavy atom. The van der Waals surface area contributed by atoms with Crippen LogP contribution in [0.1, 0.15) is 34.0 Å². The van der Waals surface area contributed by atoms with Crippen LogP contribution in [0.5, 0.6) is 11.5 Å². The summed E-state index contributed by atoms with van der Waals surface area (Å²) in [5, 5.41) is 4.17. The lowest BCUT2D eigenvalue weighted by molar-refractivity contribution is 0.0954. The summed E-state index contributed by atoms with van der Waals surface area (Å²) < 4.78 is 10.5. The average Bonchev–Trinajstić information content (AvgIpc) is 3.19. The molecule has 0 radical (unpaired) electrons. The van der Waals surface area contributed by atoms with Gasteiger partial charge in [0.15, 0.2) is 11.5 Å². The second kappa shape index (κ2) is 6.19. The first-order chi connectivity index (χ1) is 10.7. The van der Waals surface area contributed by atoms with Crippen LogP contribution in [0.4, 0.5) is 0 Å². The number of fused-ring (bicyclic) bond motifs is 1. The van der Waals surface area contributed by atoms with Crippen molar-refractivity contribution in [2.24, 2.45) is 5.10 Å². The van der Waals surface area contributed by atoms with E-state index in [-0.39, 0.29) is 12.7 Å². The Balaban J connectivity index is 1.70. The third-order valence-electron chi connectivity index (χ3n) is 3.33. The van der Waals surface area contributed by atoms with E-state index in [0.29, 0.717) is 17.1 Å². The molecule has 0 saturated heterocycles. The van der Waals surface area contributed by atoms with Crippen LogP contribution in [0, 0.1) is 0 Å². The van der Waals surface area contributed by atoms with Gasteiger partial charge in [0.2, 0.25) is 6.79 Å². The van der Waals surface area contributed by atoms with Gasteiger partial charge in [0.25, 0.3) is 5.91 Å². The maximum Gasteiger partial charge on any atom is 0.271 e. The molecular formula is C16H16N2O3S. The molecule has 1 N–H and O–H groups in total. The number of hydrogen-bond donors (Lipinski definition) is 1. The molecule has 1 aliphatic rings. The Morgan fingerprint density at radius 2 is 2.09 bits per heavy atom. The lowest BCUT2D eigenvalue weighted by Gasteiger charge is -2.03. The molecule has 0 fully saturated rings. The largest absolute Gasteiger partial charge is 0.454 e. The summed E-state index contributed by atoms with van der Waals surface area (Å²) in [6.45, 7) is 4.19. The minimum atomic E-state index is -0.273. The van der Waals surface area contributed by atoms with Gasteiger partial charge in [-0.05, 0) is 43.7 Å². The van der Waals surface area contributed by atoms with Crippen LogP contribution >= 0.6 is 11.3 Å². The van der Waals surface area contributed by atoms with Crippen LogP contribution in [0.15, 0.2) is 35.4 Å². The number of benzene rings is 1. The van der Waals surface area contributed by atoms with E-state index in [1.807, 2.05) is 13.0 Å². The number of ether oxygens (including phenoxy) is 2. The number of hydrogen-bond acceptors (Lipinski definition) is 5. The van der Waals surface area contributed by atoms with Gasteiger partial charge >= 0.3 is 0 Å². The van der Waals surface area contributed by atoms with Crippen molar-refractivity contribution >= 4 is 23.0 Å². The summed E-state index contributed by atoms with van der Waals surface area (Å²) in [6, 6.07) is 9.17. The molecule has 0 saturated carbocycles. The molecule has 22 heavy (non-hydrogen) atoms. The van der Waals surface area contributed by atoms with Gasteiger partial charge in [-0.1, -0.05) is 6.92 Å². The quantitative estimate of drug-likeness (QED) is 0.696. The fraction of sp³-hybridized carbons (Fsp3) is 0.250. The van der Waals surface area contributed by atoms with Crippen LogP contribution in [0.3, 0.4) is 0 Å². The molecule has 5 nitrogen and oxygen atoms in total. The zero-order chi connectivity index (χ0) is 15.5. The standard InChI is InChI=1S/C16H16N2O3S/c1-3-12-5-7-15(22-12)10(2)17-18-16(19)11-4-6-13-14(8-11)21-9-20-13/h4-8H,3,9H2,1-2H3,(H,18,19). The number of carbonyl (C=O) groups excluding carboxylic acids is 1. The Labute approximate surface area is 132 Å². The first kappa shape index (κ1) is 14.6. The maximum absolute atomic E-state index is 12.1. The Morgan fingerprint density at radius 3 is 2.86 bits per heavy atom. The number of aryl methyl sites for hydroxylation is 1. The van der Waals surface area contributed by atoms with Gasteiger partial charge in [0, 0.05) is 10.4 Å². The SMILES string of the molecule is CCc1ccc(C(C)=NNC(=O)c2ccc3c(c2)OCO3)s1. The van der Waals surface area contributed by atoms with Crippen molar-refractivity contribution in [2.75, 3.05) is 6.79 Å². The number of hydrazone groups is 1. The van der Waals surface area contributed by atoms with Crippen molar-refractivity contribution in [1.82, 2.24) is 5.43 Å². The smallest absolute Gasteiger partial charge is 0.271 e. The van der Waals surface area contributed by atoms with E-state index in [0.717, 1.165) is 17.0 Å². The molecular weight excluding hydrogens is 300 g/mol. The topological polar surface area (TPSA) is 59.9 Å². The zero-order valence-corrected chi connectivity index (χ0v) is 13.2. The van der Waals surface area contributed by atoms with E-state index in [1.54, 1.807) is 29.5 Å². The molecule has 0 spiro atoms. The van der Waals surface area contributed by atoms with Crippen molar-refractivity contribution in [1.29, 1.82) is 0 Å². The van der Waals surface area contributed by atoms with Crippen molar-refractivity contribution < 1.29 is 14.3 Å². The van der Waals surface area contributed by atoms with Crippen LogP contribution in [0.25, 0.3) is 0 Å². The number of rotatable bonds is 4. The molecule has 0 aliphatic carbocycles. The summed E-state index contributed by atoms with van der Waals surface area (Å²) in [7, 11) is 0. The van der Waals surface area contributed by atoms with Crippen molar-refractivity contribution in [2.45, 2.75) is 20.3 Å². The van der Waals surface area contributed by atoms with E-state index in [9.17, 15) is 4.79 Å². The third-order valence-corrected chi connectivity index (χ3v) is 4.66. The summed E-state index contributed by atoms with van der Waals surface area (Å²) in [6.07, 6.45) is 1.00. The zero-order valence-electron chi connectivity index (χ0n) is 12.4. The minimum absolute atomic E-state index is 0.190. The number of carbonyl (C=O) groups is 1. The van der Waals surface area contributed by atoms with Gasteiger partial charge in [-0.3, -0.25) is 4.79 Å². The number of nitrogens with zero attached hydrogens (tertiary/aromatic N) is 1. The molecule has 3 rings (SSSR count). The molecule has 0 unspecified atom stereocenters. The molecule has 114 valence electrons. The highest BCUT2D eigenvalue weighted by Crippen LogP contribution is 2.32. The number of nitrogens with one attached hydrogen (secondary N) is 1. The fourth-order valence-corrected chi connectivity index (χ4v) is 2.95. The van der Waals surface area contributed by atoms with Gasteiger partial charge < -0.3 is 9.47 Å². The van der Waals surface area contributed by atoms with Gasteiger partial charge in [0.05, 0.1) is 10.6 Å². The van der Waals surface area contributed by atoms with E-state index in [4.69, 9.17) is 9.47 Å². The van der Waals surface area contributed by atoms with Crippen molar-refractivity contribution in [3.63, 3.8) is 0 Å². The fourth-order valence-electron chi connectivity index (χ4n) is 2.05. The summed E-state index contributed by atoms with van der Waals surface area (Å²) in [4.78, 5) is 14.5. The lowest BCUT2D eigenvalue weighted by Crippen LogP contribution is -2.19. The van der Waals surface area contributed by atoms with Crippen molar-refractivity contribution in [3.8, 4) is 11.5 Å². The molecule has 1 aromatic heterocycles. The highest BCUT2D eigenvalue weighted by Gasteiger charge is 2.16. The van der Waals surface area contributed by atoms with Crippen LogP contribution < -0.4 is 14.9 Å². The molecule has 2 aromatic rings. The van der Waals surface area contributed by atoms with Crippen molar-refractivity contribution in [3.05, 3.63) is 45.6 Å². The molecule has 1 aromatic carbocycles. The van der Waals surface area contributed by atoms with E-state index in [2.05, 4.69) is 23.5 Å². The maximum atomic E-state index is 12.1. The summed E-state index contributed by atoms with van der Waals surface area (Å²) >= 11 is 1.69. The second-order valence-electron chi connectivity index (χ2n) is 4.83. The van der Waals surface area contributed by atoms with Crippen LogP contribution in [0.2, 0.25) is 0 Å². The van der Waals surface area contributed by atoms with E-state index < -0.39 is 0 Å². The average molecular weight is 316 g/mol. The Bertz CT molecular complexity index is 737. The Hall–Kier alpha value is -2.34. The Kier molecular flexibility index (Phi) is 4.11. The highest BCUT2D eigenvalue weighted by molar-refractivity contribution is 7.14. The van der Waals surface area contributed by atoms with Gasteiger partial charge in [-0.15, -0.1) is 11.3 Å².